The Labute approximate surface area is 169 Å². The first-order valence-electron chi connectivity index (χ1n) is 9.23. The van der Waals surface area contributed by atoms with Crippen LogP contribution in [-0.2, 0) is 0 Å². The van der Waals surface area contributed by atoms with Gasteiger partial charge in [-0.05, 0) is 30.7 Å². The molecule has 0 aliphatic carbocycles. The van der Waals surface area contributed by atoms with Crippen LogP contribution in [0.5, 0.6) is 11.5 Å². The van der Waals surface area contributed by atoms with E-state index in [1.54, 1.807) is 18.4 Å². The van der Waals surface area contributed by atoms with E-state index >= 15 is 0 Å². The lowest BCUT2D eigenvalue weighted by Gasteiger charge is -2.09. The molecule has 0 unspecified atom stereocenters. The smallest absolute Gasteiger partial charge is 0.161 e. The van der Waals surface area contributed by atoms with E-state index in [1.807, 2.05) is 49.4 Å². The number of aromatic nitrogens is 1. The van der Waals surface area contributed by atoms with Gasteiger partial charge in [0.1, 0.15) is 5.01 Å². The monoisotopic (exact) mass is 387 g/mol. The predicted octanol–water partition coefficient (Wildman–Crippen LogP) is 6.55. The number of nitrogens with zero attached hydrogens (tertiary/aromatic N) is 1. The van der Waals surface area contributed by atoms with E-state index < -0.39 is 0 Å². The molecule has 0 fully saturated rings. The van der Waals surface area contributed by atoms with Crippen LogP contribution in [0.3, 0.4) is 0 Å². The van der Waals surface area contributed by atoms with E-state index in [4.69, 9.17) is 14.5 Å². The van der Waals surface area contributed by atoms with Crippen LogP contribution in [0.4, 0.5) is 0 Å². The quantitative estimate of drug-likeness (QED) is 0.376. The van der Waals surface area contributed by atoms with Crippen molar-refractivity contribution in [2.24, 2.45) is 0 Å². The van der Waals surface area contributed by atoms with Gasteiger partial charge in [-0.3, -0.25) is 0 Å². The summed E-state index contributed by atoms with van der Waals surface area (Å²) >= 11 is 1.69. The number of ether oxygens (including phenoxy) is 2. The molecule has 0 aliphatic rings. The van der Waals surface area contributed by atoms with Crippen molar-refractivity contribution in [3.05, 3.63) is 78.9 Å². The van der Waals surface area contributed by atoms with Gasteiger partial charge in [-0.2, -0.15) is 0 Å². The van der Waals surface area contributed by atoms with Crippen molar-refractivity contribution in [2.45, 2.75) is 6.92 Å². The molecule has 0 N–H and O–H groups in total. The highest BCUT2D eigenvalue weighted by atomic mass is 32.1. The Bertz CT molecular complexity index is 1000. The molecule has 0 amide bonds. The highest BCUT2D eigenvalue weighted by molar-refractivity contribution is 7.19. The molecule has 0 saturated heterocycles. The van der Waals surface area contributed by atoms with E-state index in [1.165, 1.54) is 5.56 Å². The average Bonchev–Trinajstić information content (AvgIpc) is 3.21. The lowest BCUT2D eigenvalue weighted by Crippen LogP contribution is -1.95. The molecular weight excluding hydrogens is 366 g/mol. The molecule has 1 heterocycles. The number of benzene rings is 3. The Balaban J connectivity index is 1.84. The molecule has 0 spiro atoms. The molecule has 28 heavy (non-hydrogen) atoms. The first-order chi connectivity index (χ1) is 13.8. The fourth-order valence-corrected chi connectivity index (χ4v) is 4.19. The third-order valence-corrected chi connectivity index (χ3v) is 5.57. The fourth-order valence-electron chi connectivity index (χ4n) is 3.10. The van der Waals surface area contributed by atoms with Crippen LogP contribution < -0.4 is 9.47 Å². The SMILES string of the molecule is CCOc1ccc(-c2nc(-c3ccccc3)c(-c3ccccc3)s2)cc1OC. The standard InChI is InChI=1S/C24H21NO2S/c1-3-27-20-15-14-19(16-21(20)26-2)24-25-22(17-10-6-4-7-11-17)23(28-24)18-12-8-5-9-13-18/h4-16H,3H2,1-2H3. The van der Waals surface area contributed by atoms with Crippen molar-refractivity contribution >= 4 is 11.3 Å². The van der Waals surface area contributed by atoms with Gasteiger partial charge >= 0.3 is 0 Å². The topological polar surface area (TPSA) is 31.4 Å². The second-order valence-corrected chi connectivity index (χ2v) is 7.23. The number of thiazole rings is 1. The van der Waals surface area contributed by atoms with Crippen LogP contribution in [0.15, 0.2) is 78.9 Å². The molecule has 3 nitrogen and oxygen atoms in total. The van der Waals surface area contributed by atoms with E-state index in [9.17, 15) is 0 Å². The van der Waals surface area contributed by atoms with Crippen LogP contribution in [0.25, 0.3) is 32.3 Å². The second-order valence-electron chi connectivity index (χ2n) is 6.23. The summed E-state index contributed by atoms with van der Waals surface area (Å²) in [7, 11) is 1.66. The van der Waals surface area contributed by atoms with Gasteiger partial charge in [-0.25, -0.2) is 4.98 Å². The zero-order valence-electron chi connectivity index (χ0n) is 15.9. The molecule has 0 saturated carbocycles. The third kappa shape index (κ3) is 3.64. The van der Waals surface area contributed by atoms with Crippen molar-refractivity contribution in [1.29, 1.82) is 0 Å². The summed E-state index contributed by atoms with van der Waals surface area (Å²) in [6, 6.07) is 26.7. The zero-order valence-corrected chi connectivity index (χ0v) is 16.7. The minimum Gasteiger partial charge on any atom is -0.493 e. The van der Waals surface area contributed by atoms with Gasteiger partial charge in [0, 0.05) is 11.1 Å². The average molecular weight is 388 g/mol. The predicted molar refractivity (Wildman–Crippen MR) is 116 cm³/mol. The highest BCUT2D eigenvalue weighted by Crippen LogP contribution is 2.42. The third-order valence-electron chi connectivity index (χ3n) is 4.42. The van der Waals surface area contributed by atoms with Gasteiger partial charge in [0.25, 0.3) is 0 Å². The molecule has 0 radical (unpaired) electrons. The normalized spacial score (nSPS) is 10.6. The Morgan fingerprint density at radius 2 is 1.46 bits per heavy atom. The molecule has 0 atom stereocenters. The Hall–Kier alpha value is -3.11. The molecule has 4 rings (SSSR count). The largest absolute Gasteiger partial charge is 0.493 e. The molecule has 0 aliphatic heterocycles. The maximum Gasteiger partial charge on any atom is 0.161 e. The van der Waals surface area contributed by atoms with Gasteiger partial charge in [-0.15, -0.1) is 11.3 Å². The van der Waals surface area contributed by atoms with Crippen LogP contribution in [0, 0.1) is 0 Å². The minimum atomic E-state index is 0.600. The Morgan fingerprint density at radius 1 is 0.786 bits per heavy atom. The first kappa shape index (κ1) is 18.3. The lowest BCUT2D eigenvalue weighted by atomic mass is 10.1. The first-order valence-corrected chi connectivity index (χ1v) is 10.0. The highest BCUT2D eigenvalue weighted by Gasteiger charge is 2.17. The van der Waals surface area contributed by atoms with Gasteiger partial charge in [0.15, 0.2) is 11.5 Å². The van der Waals surface area contributed by atoms with Crippen molar-refractivity contribution in [3.8, 4) is 43.8 Å². The van der Waals surface area contributed by atoms with Crippen molar-refractivity contribution < 1.29 is 9.47 Å². The Kier molecular flexibility index (Phi) is 5.40. The fraction of sp³-hybridized carbons (Fsp3) is 0.125. The van der Waals surface area contributed by atoms with E-state index in [0.29, 0.717) is 6.61 Å². The van der Waals surface area contributed by atoms with Crippen LogP contribution in [-0.4, -0.2) is 18.7 Å². The van der Waals surface area contributed by atoms with Gasteiger partial charge in [0.05, 0.1) is 24.3 Å². The summed E-state index contributed by atoms with van der Waals surface area (Å²) in [6.07, 6.45) is 0. The summed E-state index contributed by atoms with van der Waals surface area (Å²) in [6.45, 7) is 2.57. The summed E-state index contributed by atoms with van der Waals surface area (Å²) in [5.41, 5.74) is 4.30. The van der Waals surface area contributed by atoms with Crippen LogP contribution in [0.1, 0.15) is 6.92 Å². The number of methoxy groups -OCH3 is 1. The Morgan fingerprint density at radius 3 is 2.11 bits per heavy atom. The minimum absolute atomic E-state index is 0.600. The number of rotatable bonds is 6. The molecule has 1 aromatic heterocycles. The van der Waals surface area contributed by atoms with Crippen LogP contribution >= 0.6 is 11.3 Å². The molecule has 3 aromatic carbocycles. The van der Waals surface area contributed by atoms with E-state index in [0.717, 1.165) is 38.2 Å². The molecule has 140 valence electrons. The lowest BCUT2D eigenvalue weighted by molar-refractivity contribution is 0.311. The van der Waals surface area contributed by atoms with Gasteiger partial charge in [0.2, 0.25) is 0 Å². The number of hydrogen-bond acceptors (Lipinski definition) is 4. The molecule has 4 heteroatoms. The number of hydrogen-bond donors (Lipinski definition) is 0. The molecule has 4 aromatic rings. The summed E-state index contributed by atoms with van der Waals surface area (Å²) in [5, 5.41) is 0.957. The van der Waals surface area contributed by atoms with E-state index in [2.05, 4.69) is 36.4 Å². The maximum absolute atomic E-state index is 5.64. The van der Waals surface area contributed by atoms with E-state index in [-0.39, 0.29) is 0 Å². The summed E-state index contributed by atoms with van der Waals surface area (Å²) in [4.78, 5) is 6.16. The molecular formula is C24H21NO2S. The van der Waals surface area contributed by atoms with Crippen molar-refractivity contribution in [1.82, 2.24) is 4.98 Å². The van der Waals surface area contributed by atoms with Gasteiger partial charge < -0.3 is 9.47 Å². The van der Waals surface area contributed by atoms with Gasteiger partial charge in [-0.1, -0.05) is 60.7 Å². The second kappa shape index (κ2) is 8.28. The molecule has 0 bridgehead atoms. The van der Waals surface area contributed by atoms with Crippen molar-refractivity contribution in [3.63, 3.8) is 0 Å². The van der Waals surface area contributed by atoms with Crippen molar-refractivity contribution in [2.75, 3.05) is 13.7 Å². The zero-order chi connectivity index (χ0) is 19.3. The summed E-state index contributed by atoms with van der Waals surface area (Å²) in [5.74, 6) is 1.47. The maximum atomic E-state index is 5.64. The summed E-state index contributed by atoms with van der Waals surface area (Å²) < 4.78 is 11.2. The van der Waals surface area contributed by atoms with Crippen LogP contribution in [0.2, 0.25) is 0 Å².